The molecule has 154 valence electrons. The second-order valence-electron chi connectivity index (χ2n) is 8.75. The van der Waals surface area contributed by atoms with Crippen LogP contribution in [0.5, 0.6) is 0 Å². The zero-order valence-corrected chi connectivity index (χ0v) is 22.3. The molecule has 4 heteroatoms. The van der Waals surface area contributed by atoms with E-state index < -0.39 is 0 Å². The molecular formula is C21H45N3W-4. The Morgan fingerprint density at radius 2 is 1.00 bits per heavy atom. The normalized spacial score (nSPS) is 10.8. The van der Waals surface area contributed by atoms with Gasteiger partial charge in [0.1, 0.15) is 0 Å². The summed E-state index contributed by atoms with van der Waals surface area (Å²) in [5, 5.41) is 8.57. The summed E-state index contributed by atoms with van der Waals surface area (Å²) < 4.78 is 3.94. The Morgan fingerprint density at radius 3 is 1.08 bits per heavy atom. The minimum Gasteiger partial charge on any atom is -0.323 e. The quantitative estimate of drug-likeness (QED) is 0.334. The SMILES string of the molecule is CC(C)(C)[N-]/C=C\[N-]C(C)(C)C.CCC[N]=[W].C[C-](C)C.C[C-](C)C. The average Bonchev–Trinajstić information content (AvgIpc) is 2.33. The van der Waals surface area contributed by atoms with Gasteiger partial charge in [-0.2, -0.15) is 41.5 Å². The Labute approximate surface area is 172 Å². The van der Waals surface area contributed by atoms with Gasteiger partial charge in [0.05, 0.1) is 0 Å². The Bertz CT molecular complexity index is 255. The first-order chi connectivity index (χ1) is 11.1. The molecule has 0 rings (SSSR count). The Hall–Kier alpha value is -0.172. The van der Waals surface area contributed by atoms with Crippen molar-refractivity contribution in [1.82, 2.24) is 0 Å². The van der Waals surface area contributed by atoms with Gasteiger partial charge in [-0.25, -0.2) is 12.4 Å². The van der Waals surface area contributed by atoms with Gasteiger partial charge in [0.15, 0.2) is 0 Å². The molecule has 0 aromatic carbocycles. The van der Waals surface area contributed by atoms with Gasteiger partial charge in [-0.1, -0.05) is 41.5 Å². The molecule has 0 aromatic rings. The topological polar surface area (TPSA) is 40.6 Å². The summed E-state index contributed by atoms with van der Waals surface area (Å²) in [5.41, 5.74) is 0.00775. The monoisotopic (exact) mass is 523 g/mol. The molecule has 0 saturated carbocycles. The number of nitrogens with zero attached hydrogens (tertiary/aromatic N) is 3. The first-order valence-electron chi connectivity index (χ1n) is 9.00. The maximum atomic E-state index is 4.29. The van der Waals surface area contributed by atoms with Gasteiger partial charge in [-0.05, 0) is 0 Å². The van der Waals surface area contributed by atoms with Crippen LogP contribution >= 0.6 is 0 Å². The van der Waals surface area contributed by atoms with E-state index in [1.54, 1.807) is 12.4 Å². The van der Waals surface area contributed by atoms with Gasteiger partial charge in [-0.3, -0.25) is 0 Å². The molecule has 0 aliphatic carbocycles. The Morgan fingerprint density at radius 1 is 0.760 bits per heavy atom. The summed E-state index contributed by atoms with van der Waals surface area (Å²) in [6, 6.07) is 0. The predicted molar refractivity (Wildman–Crippen MR) is 113 cm³/mol. The zero-order valence-electron chi connectivity index (χ0n) is 19.3. The van der Waals surface area contributed by atoms with E-state index in [4.69, 9.17) is 0 Å². The maximum absolute atomic E-state index is 4.29. The van der Waals surface area contributed by atoms with Crippen molar-refractivity contribution in [3.8, 4) is 0 Å². The van der Waals surface area contributed by atoms with Crippen LogP contribution in [-0.4, -0.2) is 17.6 Å². The molecule has 0 amide bonds. The van der Waals surface area contributed by atoms with Crippen LogP contribution in [0.25, 0.3) is 10.6 Å². The van der Waals surface area contributed by atoms with Crippen molar-refractivity contribution in [2.24, 2.45) is 3.50 Å². The minimum absolute atomic E-state index is 0.00387. The van der Waals surface area contributed by atoms with Crippen LogP contribution in [0.2, 0.25) is 0 Å². The van der Waals surface area contributed by atoms with E-state index in [0.29, 0.717) is 0 Å². The van der Waals surface area contributed by atoms with E-state index in [-0.39, 0.29) is 11.1 Å². The largest absolute Gasteiger partial charge is 0.323 e. The molecule has 3 nitrogen and oxygen atoms in total. The molecule has 0 atom stereocenters. The second kappa shape index (κ2) is 20.1. The zero-order chi connectivity index (χ0) is 21.1. The molecule has 25 heavy (non-hydrogen) atoms. The van der Waals surface area contributed by atoms with E-state index in [9.17, 15) is 0 Å². The smallest absolute Gasteiger partial charge is 0.189 e. The number of rotatable bonds is 4. The van der Waals surface area contributed by atoms with Crippen molar-refractivity contribution < 1.29 is 19.6 Å². The first kappa shape index (κ1) is 32.5. The summed E-state index contributed by atoms with van der Waals surface area (Å²) in [6.07, 6.45) is 4.74. The fourth-order valence-electron chi connectivity index (χ4n) is 0.605. The van der Waals surface area contributed by atoms with E-state index in [0.717, 1.165) is 6.54 Å². The molecule has 0 spiro atoms. The molecule has 0 unspecified atom stereocenters. The van der Waals surface area contributed by atoms with E-state index in [1.165, 1.54) is 37.9 Å². The fourth-order valence-corrected chi connectivity index (χ4v) is 1.26. The molecule has 0 saturated heterocycles. The third-order valence-corrected chi connectivity index (χ3v) is 1.96. The number of hydrogen-bond acceptors (Lipinski definition) is 1. The average molecular weight is 523 g/mol. The third-order valence-electron chi connectivity index (χ3n) is 1.31. The molecule has 0 N–H and O–H groups in total. The van der Waals surface area contributed by atoms with Gasteiger partial charge in [-0.15, -0.1) is 11.1 Å². The molecular weight excluding hydrogens is 478 g/mol. The van der Waals surface area contributed by atoms with Crippen molar-refractivity contribution in [2.75, 3.05) is 6.54 Å². The molecule has 0 radical (unpaired) electrons. The molecule has 0 aliphatic rings. The standard InChI is InChI=1S/C10H20N2.2C4H9.C3H7N.W/c1-9(2,3)11-7-8-12-10(4,5)6;2*1-4(2)3;1-2-3-4;/h7-8H,1-6H3;2*1-3H3;2-3H2,1H3;/q-2;2*-1;;/b8-7-;;;;. The van der Waals surface area contributed by atoms with Crippen LogP contribution in [0.4, 0.5) is 0 Å². The fraction of sp³-hybridized carbons (Fsp3) is 0.810. The third kappa shape index (κ3) is 96.8. The van der Waals surface area contributed by atoms with E-state index >= 15 is 0 Å². The van der Waals surface area contributed by atoms with Crippen LogP contribution in [0, 0.1) is 11.8 Å². The van der Waals surface area contributed by atoms with Gasteiger partial charge in [0, 0.05) is 0 Å². The number of hydrogen-bond donors (Lipinski definition) is 0. The Kier molecular flexibility index (Phi) is 26.2. The summed E-state index contributed by atoms with van der Waals surface area (Å²) in [5.74, 6) is 2.83. The van der Waals surface area contributed by atoms with E-state index in [2.05, 4.69) is 104 Å². The van der Waals surface area contributed by atoms with Crippen molar-refractivity contribution in [1.29, 1.82) is 0 Å². The van der Waals surface area contributed by atoms with Crippen molar-refractivity contribution >= 4 is 0 Å². The molecule has 0 aromatic heterocycles. The van der Waals surface area contributed by atoms with Gasteiger partial charge in [0.25, 0.3) is 0 Å². The maximum Gasteiger partial charge on any atom is -0.189 e. The van der Waals surface area contributed by atoms with Crippen molar-refractivity contribution in [2.45, 2.75) is 108 Å². The van der Waals surface area contributed by atoms with Crippen LogP contribution in [0.1, 0.15) is 96.4 Å². The van der Waals surface area contributed by atoms with Gasteiger partial charge >= 0.3 is 43.0 Å². The van der Waals surface area contributed by atoms with Gasteiger partial charge in [0.2, 0.25) is 0 Å². The predicted octanol–water partition coefficient (Wildman–Crippen LogP) is 8.17. The molecule has 0 bridgehead atoms. The van der Waals surface area contributed by atoms with Crippen LogP contribution in [0.15, 0.2) is 15.9 Å². The molecule has 0 fully saturated rings. The van der Waals surface area contributed by atoms with Crippen molar-refractivity contribution in [3.63, 3.8) is 0 Å². The van der Waals surface area contributed by atoms with Crippen molar-refractivity contribution in [3.05, 3.63) is 34.9 Å². The van der Waals surface area contributed by atoms with E-state index in [1.807, 2.05) is 0 Å². The van der Waals surface area contributed by atoms with Crippen LogP contribution in [0.3, 0.4) is 0 Å². The first-order valence-corrected chi connectivity index (χ1v) is 10.3. The molecule has 0 heterocycles. The van der Waals surface area contributed by atoms with Crippen LogP contribution < -0.4 is 0 Å². The summed E-state index contributed by atoms with van der Waals surface area (Å²) in [6.45, 7) is 28.1. The summed E-state index contributed by atoms with van der Waals surface area (Å²) in [7, 11) is 0. The summed E-state index contributed by atoms with van der Waals surface area (Å²) in [4.78, 5) is 0. The minimum atomic E-state index is 0.00387. The molecule has 0 aliphatic heterocycles. The summed E-state index contributed by atoms with van der Waals surface area (Å²) >= 11 is 1.35. The van der Waals surface area contributed by atoms with Gasteiger partial charge < -0.3 is 22.5 Å². The Balaban J connectivity index is -0.000000140. The second-order valence-corrected chi connectivity index (χ2v) is 9.68. The van der Waals surface area contributed by atoms with Crippen LogP contribution in [-0.2, 0) is 19.6 Å².